The molecule has 0 radical (unpaired) electrons. The lowest BCUT2D eigenvalue weighted by Crippen LogP contribution is -2.50. The molecule has 3 rings (SSSR count). The predicted octanol–water partition coefficient (Wildman–Crippen LogP) is 1.78. The van der Waals surface area contributed by atoms with Crippen LogP contribution in [-0.2, 0) is 6.54 Å². The van der Waals surface area contributed by atoms with Gasteiger partial charge in [-0.2, -0.15) is 0 Å². The summed E-state index contributed by atoms with van der Waals surface area (Å²) in [5, 5.41) is 2.75. The van der Waals surface area contributed by atoms with E-state index in [1.54, 1.807) is 6.20 Å². The van der Waals surface area contributed by atoms with Gasteiger partial charge in [-0.3, -0.25) is 4.90 Å². The van der Waals surface area contributed by atoms with Crippen molar-refractivity contribution in [2.24, 2.45) is 0 Å². The molecule has 1 fully saturated rings. The summed E-state index contributed by atoms with van der Waals surface area (Å²) in [5.74, 6) is 1.64. The molecule has 6 heteroatoms. The zero-order valence-corrected chi connectivity index (χ0v) is 12.7. The molecule has 0 unspecified atom stereocenters. The van der Waals surface area contributed by atoms with Crippen molar-refractivity contribution in [1.29, 1.82) is 0 Å². The van der Waals surface area contributed by atoms with Crippen molar-refractivity contribution in [2.45, 2.75) is 13.5 Å². The van der Waals surface area contributed by atoms with E-state index in [1.165, 1.54) is 5.56 Å². The maximum absolute atomic E-state index is 11.9. The van der Waals surface area contributed by atoms with Crippen molar-refractivity contribution in [3.63, 3.8) is 0 Å². The largest absolute Gasteiger partial charge is 0.454 e. The maximum Gasteiger partial charge on any atom is 0.321 e. The van der Waals surface area contributed by atoms with Gasteiger partial charge >= 0.3 is 6.03 Å². The number of benzene rings is 1. The van der Waals surface area contributed by atoms with Crippen LogP contribution in [0.3, 0.4) is 0 Å². The minimum absolute atomic E-state index is 0.0270. The lowest BCUT2D eigenvalue weighted by molar-refractivity contribution is 0.137. The number of nitrogens with zero attached hydrogens (tertiary/aromatic N) is 2. The van der Waals surface area contributed by atoms with Crippen LogP contribution < -0.4 is 14.8 Å². The molecule has 0 aromatic heterocycles. The van der Waals surface area contributed by atoms with E-state index >= 15 is 0 Å². The Hall–Kier alpha value is -2.21. The summed E-state index contributed by atoms with van der Waals surface area (Å²) in [6.45, 7) is 6.28. The Labute approximate surface area is 130 Å². The third-order valence-corrected chi connectivity index (χ3v) is 3.88. The van der Waals surface area contributed by atoms with E-state index in [-0.39, 0.29) is 6.03 Å². The quantitative estimate of drug-likeness (QED) is 0.925. The fourth-order valence-electron chi connectivity index (χ4n) is 2.65. The summed E-state index contributed by atoms with van der Waals surface area (Å²) in [6.07, 6.45) is 3.48. The van der Waals surface area contributed by atoms with E-state index in [9.17, 15) is 4.79 Å². The second-order valence-corrected chi connectivity index (χ2v) is 5.40. The van der Waals surface area contributed by atoms with Crippen molar-refractivity contribution in [1.82, 2.24) is 15.1 Å². The summed E-state index contributed by atoms with van der Waals surface area (Å²) in [5.41, 5.74) is 1.20. The number of urea groups is 1. The van der Waals surface area contributed by atoms with Crippen LogP contribution in [-0.4, -0.2) is 48.8 Å². The number of rotatable bonds is 3. The lowest BCUT2D eigenvalue weighted by Gasteiger charge is -2.34. The number of allylic oxidation sites excluding steroid dienone is 1. The fraction of sp³-hybridized carbons (Fsp3) is 0.438. The summed E-state index contributed by atoms with van der Waals surface area (Å²) in [6, 6.07) is 6.03. The average Bonchev–Trinajstić information content (AvgIpc) is 3.01. The number of carbonyl (C=O) groups excluding carboxylic acids is 1. The number of hydrogen-bond acceptors (Lipinski definition) is 4. The first-order chi connectivity index (χ1) is 10.8. The molecule has 118 valence electrons. The molecule has 2 amide bonds. The Bertz CT molecular complexity index is 566. The first-order valence-corrected chi connectivity index (χ1v) is 7.54. The van der Waals surface area contributed by atoms with Crippen LogP contribution in [0.4, 0.5) is 4.79 Å². The highest BCUT2D eigenvalue weighted by Crippen LogP contribution is 2.32. The molecule has 2 aliphatic heterocycles. The summed E-state index contributed by atoms with van der Waals surface area (Å²) in [7, 11) is 0. The van der Waals surface area contributed by atoms with E-state index in [1.807, 2.05) is 30.0 Å². The minimum Gasteiger partial charge on any atom is -0.454 e. The molecule has 1 saturated heterocycles. The zero-order chi connectivity index (χ0) is 15.4. The van der Waals surface area contributed by atoms with Gasteiger partial charge in [-0.25, -0.2) is 4.79 Å². The van der Waals surface area contributed by atoms with Crippen molar-refractivity contribution in [3.8, 4) is 11.5 Å². The van der Waals surface area contributed by atoms with Gasteiger partial charge in [0.1, 0.15) is 0 Å². The van der Waals surface area contributed by atoms with Crippen LogP contribution in [0, 0.1) is 0 Å². The Morgan fingerprint density at radius 3 is 2.77 bits per heavy atom. The lowest BCUT2D eigenvalue weighted by atomic mass is 10.1. The summed E-state index contributed by atoms with van der Waals surface area (Å²) in [4.78, 5) is 16.1. The Kier molecular flexibility index (Phi) is 4.48. The molecule has 0 atom stereocenters. The van der Waals surface area contributed by atoms with E-state index in [2.05, 4.69) is 16.3 Å². The molecule has 2 aliphatic rings. The number of amides is 2. The van der Waals surface area contributed by atoms with Crippen LogP contribution in [0.1, 0.15) is 12.5 Å². The second-order valence-electron chi connectivity index (χ2n) is 5.40. The molecule has 1 N–H and O–H groups in total. The monoisotopic (exact) mass is 303 g/mol. The normalized spacial score (nSPS) is 18.0. The summed E-state index contributed by atoms with van der Waals surface area (Å²) >= 11 is 0. The van der Waals surface area contributed by atoms with Gasteiger partial charge < -0.3 is 19.7 Å². The van der Waals surface area contributed by atoms with Gasteiger partial charge in [-0.05, 0) is 24.6 Å². The van der Waals surface area contributed by atoms with Crippen molar-refractivity contribution < 1.29 is 14.3 Å². The number of hydrogen-bond donors (Lipinski definition) is 1. The Morgan fingerprint density at radius 1 is 1.23 bits per heavy atom. The van der Waals surface area contributed by atoms with Gasteiger partial charge in [-0.1, -0.05) is 12.1 Å². The van der Waals surface area contributed by atoms with Crippen molar-refractivity contribution >= 4 is 6.03 Å². The van der Waals surface area contributed by atoms with Crippen molar-refractivity contribution in [3.05, 3.63) is 36.0 Å². The van der Waals surface area contributed by atoms with Crippen molar-refractivity contribution in [2.75, 3.05) is 33.0 Å². The smallest absolute Gasteiger partial charge is 0.321 e. The van der Waals surface area contributed by atoms with Crippen LogP contribution >= 0.6 is 0 Å². The molecule has 0 saturated carbocycles. The highest BCUT2D eigenvalue weighted by molar-refractivity contribution is 5.75. The number of fused-ring (bicyclic) bond motifs is 1. The van der Waals surface area contributed by atoms with E-state index in [0.717, 1.165) is 44.2 Å². The van der Waals surface area contributed by atoms with Gasteiger partial charge in [0, 0.05) is 38.9 Å². The van der Waals surface area contributed by atoms with Crippen LogP contribution in [0.15, 0.2) is 30.5 Å². The van der Waals surface area contributed by atoms with E-state index in [0.29, 0.717) is 6.79 Å². The topological polar surface area (TPSA) is 54.0 Å². The van der Waals surface area contributed by atoms with Gasteiger partial charge in [0.2, 0.25) is 6.79 Å². The minimum atomic E-state index is -0.0270. The predicted molar refractivity (Wildman–Crippen MR) is 82.8 cm³/mol. The Balaban J connectivity index is 1.50. The molecule has 6 nitrogen and oxygen atoms in total. The SMILES string of the molecule is C/C=C/NC(=O)N1CCN(Cc2ccc3c(c2)OCO3)CC1. The molecule has 2 heterocycles. The van der Waals surface area contributed by atoms with E-state index in [4.69, 9.17) is 9.47 Å². The molecule has 22 heavy (non-hydrogen) atoms. The third-order valence-electron chi connectivity index (χ3n) is 3.88. The number of ether oxygens (including phenoxy) is 2. The van der Waals surface area contributed by atoms with Crippen LogP contribution in [0.2, 0.25) is 0 Å². The summed E-state index contributed by atoms with van der Waals surface area (Å²) < 4.78 is 10.7. The van der Waals surface area contributed by atoms with Gasteiger partial charge in [-0.15, -0.1) is 0 Å². The molecule has 0 aliphatic carbocycles. The maximum atomic E-state index is 11.9. The highest BCUT2D eigenvalue weighted by Gasteiger charge is 2.21. The van der Waals surface area contributed by atoms with Crippen LogP contribution in [0.5, 0.6) is 11.5 Å². The Morgan fingerprint density at radius 2 is 2.00 bits per heavy atom. The second kappa shape index (κ2) is 6.70. The first kappa shape index (κ1) is 14.7. The first-order valence-electron chi connectivity index (χ1n) is 7.54. The number of carbonyl (C=O) groups is 1. The standard InChI is InChI=1S/C16H21N3O3/c1-2-5-17-16(20)19-8-6-18(7-9-19)11-13-3-4-14-15(10-13)22-12-21-14/h2-5,10H,6-9,11-12H2,1H3,(H,17,20)/b5-2+. The average molecular weight is 303 g/mol. The fourth-order valence-corrected chi connectivity index (χ4v) is 2.65. The molecule has 0 bridgehead atoms. The number of piperazine rings is 1. The van der Waals surface area contributed by atoms with Gasteiger partial charge in [0.15, 0.2) is 11.5 Å². The highest BCUT2D eigenvalue weighted by atomic mass is 16.7. The van der Waals surface area contributed by atoms with Gasteiger partial charge in [0.05, 0.1) is 0 Å². The molecule has 0 spiro atoms. The third kappa shape index (κ3) is 3.33. The molecular weight excluding hydrogens is 282 g/mol. The number of nitrogens with one attached hydrogen (secondary N) is 1. The zero-order valence-electron chi connectivity index (χ0n) is 12.7. The van der Waals surface area contributed by atoms with Crippen LogP contribution in [0.25, 0.3) is 0 Å². The van der Waals surface area contributed by atoms with Gasteiger partial charge in [0.25, 0.3) is 0 Å². The molecular formula is C16H21N3O3. The van der Waals surface area contributed by atoms with E-state index < -0.39 is 0 Å². The molecule has 1 aromatic carbocycles. The molecule has 1 aromatic rings.